The number of hydrogen-bond donors (Lipinski definition) is 1. The molecule has 124 valence electrons. The standard InChI is InChI=1S/C18H15N5OS/c1-11(20-15-9-5-6-10-19-15)16-12(2)22-23(17(16)24)18-21-13-7-3-4-8-14(13)25-18/h3-10,22H,1-2H3. The van der Waals surface area contributed by atoms with Gasteiger partial charge in [-0.2, -0.15) is 4.68 Å². The molecule has 0 bridgehead atoms. The minimum absolute atomic E-state index is 0.159. The smallest absolute Gasteiger partial charge is 0.282 e. The van der Waals surface area contributed by atoms with Gasteiger partial charge in [0.05, 0.1) is 21.5 Å². The predicted octanol–water partition coefficient (Wildman–Crippen LogP) is 3.62. The Balaban J connectivity index is 1.81. The predicted molar refractivity (Wildman–Crippen MR) is 100 cm³/mol. The van der Waals surface area contributed by atoms with E-state index in [0.29, 0.717) is 22.2 Å². The molecule has 3 heterocycles. The van der Waals surface area contributed by atoms with Crippen molar-refractivity contribution in [3.8, 4) is 5.13 Å². The Morgan fingerprint density at radius 2 is 2.00 bits per heavy atom. The Kier molecular flexibility index (Phi) is 3.77. The number of aryl methyl sites for hydroxylation is 1. The summed E-state index contributed by atoms with van der Waals surface area (Å²) in [4.78, 5) is 26.1. The fourth-order valence-corrected chi connectivity index (χ4v) is 3.64. The van der Waals surface area contributed by atoms with Crippen LogP contribution in [0.15, 0.2) is 58.4 Å². The quantitative estimate of drug-likeness (QED) is 0.574. The molecule has 4 rings (SSSR count). The van der Waals surface area contributed by atoms with E-state index in [1.54, 1.807) is 12.3 Å². The highest BCUT2D eigenvalue weighted by Gasteiger charge is 2.17. The van der Waals surface area contributed by atoms with E-state index in [2.05, 4.69) is 20.1 Å². The van der Waals surface area contributed by atoms with Crippen molar-refractivity contribution in [2.75, 3.05) is 0 Å². The molecule has 1 aromatic carbocycles. The number of pyridine rings is 1. The SMILES string of the molecule is CC(=Nc1ccccn1)c1c(C)[nH]n(-c2nc3ccccc3s2)c1=O. The first-order chi connectivity index (χ1) is 12.1. The number of thiazole rings is 1. The fraction of sp³-hybridized carbons (Fsp3) is 0.111. The van der Waals surface area contributed by atoms with Gasteiger partial charge in [-0.15, -0.1) is 0 Å². The zero-order valence-electron chi connectivity index (χ0n) is 13.7. The molecule has 0 saturated heterocycles. The monoisotopic (exact) mass is 349 g/mol. The molecule has 0 radical (unpaired) electrons. The van der Waals surface area contributed by atoms with Crippen LogP contribution < -0.4 is 5.56 Å². The number of rotatable bonds is 3. The summed E-state index contributed by atoms with van der Waals surface area (Å²) in [5, 5.41) is 3.72. The summed E-state index contributed by atoms with van der Waals surface area (Å²) in [5.74, 6) is 0.575. The average Bonchev–Trinajstić information content (AvgIpc) is 3.16. The number of para-hydroxylation sites is 1. The minimum Gasteiger partial charge on any atom is -0.293 e. The fourth-order valence-electron chi connectivity index (χ4n) is 2.71. The Labute approximate surface area is 147 Å². The molecule has 3 aromatic heterocycles. The molecule has 0 aliphatic rings. The summed E-state index contributed by atoms with van der Waals surface area (Å²) in [6, 6.07) is 13.3. The maximum absolute atomic E-state index is 12.9. The van der Waals surface area contributed by atoms with Crippen LogP contribution in [0.2, 0.25) is 0 Å². The van der Waals surface area contributed by atoms with Gasteiger partial charge in [0.15, 0.2) is 5.82 Å². The molecular formula is C18H15N5OS. The van der Waals surface area contributed by atoms with E-state index < -0.39 is 0 Å². The van der Waals surface area contributed by atoms with Gasteiger partial charge < -0.3 is 0 Å². The number of aromatic amines is 1. The molecule has 0 aliphatic heterocycles. The molecule has 1 N–H and O–H groups in total. The summed E-state index contributed by atoms with van der Waals surface area (Å²) in [6.45, 7) is 3.67. The van der Waals surface area contributed by atoms with Crippen molar-refractivity contribution >= 4 is 33.1 Å². The van der Waals surface area contributed by atoms with E-state index in [0.717, 1.165) is 15.9 Å². The third kappa shape index (κ3) is 2.78. The largest absolute Gasteiger partial charge is 0.293 e. The summed E-state index contributed by atoms with van der Waals surface area (Å²) in [6.07, 6.45) is 1.68. The Morgan fingerprint density at radius 3 is 2.76 bits per heavy atom. The molecule has 0 amide bonds. The van der Waals surface area contributed by atoms with Crippen LogP contribution in [0.25, 0.3) is 15.3 Å². The zero-order chi connectivity index (χ0) is 17.4. The highest BCUT2D eigenvalue weighted by Crippen LogP contribution is 2.23. The number of aromatic nitrogens is 4. The highest BCUT2D eigenvalue weighted by molar-refractivity contribution is 7.20. The van der Waals surface area contributed by atoms with Crippen LogP contribution in [0.1, 0.15) is 18.2 Å². The first-order valence-electron chi connectivity index (χ1n) is 7.78. The van der Waals surface area contributed by atoms with E-state index in [4.69, 9.17) is 0 Å². The molecule has 0 fully saturated rings. The second-order valence-electron chi connectivity index (χ2n) is 5.60. The normalized spacial score (nSPS) is 12.0. The van der Waals surface area contributed by atoms with Gasteiger partial charge in [-0.05, 0) is 38.1 Å². The summed E-state index contributed by atoms with van der Waals surface area (Å²) < 4.78 is 2.52. The molecular weight excluding hydrogens is 334 g/mol. The van der Waals surface area contributed by atoms with Crippen molar-refractivity contribution in [3.63, 3.8) is 0 Å². The average molecular weight is 349 g/mol. The van der Waals surface area contributed by atoms with Gasteiger partial charge in [-0.25, -0.2) is 15.0 Å². The lowest BCUT2D eigenvalue weighted by Gasteiger charge is -1.97. The van der Waals surface area contributed by atoms with Crippen molar-refractivity contribution in [2.24, 2.45) is 4.99 Å². The van der Waals surface area contributed by atoms with Crippen LogP contribution in [-0.4, -0.2) is 25.5 Å². The van der Waals surface area contributed by atoms with E-state index in [-0.39, 0.29) is 5.56 Å². The second-order valence-corrected chi connectivity index (χ2v) is 6.61. The first-order valence-corrected chi connectivity index (χ1v) is 8.59. The summed E-state index contributed by atoms with van der Waals surface area (Å²) in [5.41, 5.74) is 2.64. The van der Waals surface area contributed by atoms with E-state index in [1.807, 2.05) is 50.2 Å². The first kappa shape index (κ1) is 15.5. The molecule has 0 saturated carbocycles. The van der Waals surface area contributed by atoms with Gasteiger partial charge in [-0.1, -0.05) is 29.5 Å². The van der Waals surface area contributed by atoms with Gasteiger partial charge in [0.2, 0.25) is 5.13 Å². The van der Waals surface area contributed by atoms with Crippen molar-refractivity contribution in [1.82, 2.24) is 19.7 Å². The summed E-state index contributed by atoms with van der Waals surface area (Å²) >= 11 is 1.47. The lowest BCUT2D eigenvalue weighted by Crippen LogP contribution is -2.19. The molecule has 0 spiro atoms. The molecule has 4 aromatic rings. The van der Waals surface area contributed by atoms with Crippen LogP contribution in [0, 0.1) is 6.92 Å². The van der Waals surface area contributed by atoms with Crippen molar-refractivity contribution in [3.05, 3.63) is 70.3 Å². The lowest BCUT2D eigenvalue weighted by atomic mass is 10.2. The maximum Gasteiger partial charge on any atom is 0.282 e. The van der Waals surface area contributed by atoms with Crippen LogP contribution in [0.5, 0.6) is 0 Å². The third-order valence-electron chi connectivity index (χ3n) is 3.84. The highest BCUT2D eigenvalue weighted by atomic mass is 32.1. The Bertz CT molecular complexity index is 1100. The van der Waals surface area contributed by atoms with Gasteiger partial charge in [0.1, 0.15) is 0 Å². The van der Waals surface area contributed by atoms with Crippen molar-refractivity contribution in [1.29, 1.82) is 0 Å². The number of fused-ring (bicyclic) bond motifs is 1. The second kappa shape index (κ2) is 6.10. The van der Waals surface area contributed by atoms with Crippen LogP contribution in [-0.2, 0) is 0 Å². The molecule has 25 heavy (non-hydrogen) atoms. The van der Waals surface area contributed by atoms with Gasteiger partial charge in [0, 0.05) is 11.9 Å². The van der Waals surface area contributed by atoms with Gasteiger partial charge in [-0.3, -0.25) is 9.89 Å². The molecule has 0 aliphatic carbocycles. The van der Waals surface area contributed by atoms with E-state index >= 15 is 0 Å². The maximum atomic E-state index is 12.9. The van der Waals surface area contributed by atoms with Crippen LogP contribution in [0.3, 0.4) is 0 Å². The van der Waals surface area contributed by atoms with Gasteiger partial charge >= 0.3 is 0 Å². The number of nitrogens with zero attached hydrogens (tertiary/aromatic N) is 4. The summed E-state index contributed by atoms with van der Waals surface area (Å²) in [7, 11) is 0. The topological polar surface area (TPSA) is 75.9 Å². The molecule has 7 heteroatoms. The Hall–Kier alpha value is -3.06. The third-order valence-corrected chi connectivity index (χ3v) is 4.86. The minimum atomic E-state index is -0.159. The van der Waals surface area contributed by atoms with Crippen molar-refractivity contribution < 1.29 is 0 Å². The van der Waals surface area contributed by atoms with Crippen LogP contribution >= 0.6 is 11.3 Å². The van der Waals surface area contributed by atoms with Gasteiger partial charge in [0.25, 0.3) is 5.56 Å². The zero-order valence-corrected chi connectivity index (χ0v) is 14.5. The number of aliphatic imine (C=N–C) groups is 1. The Morgan fingerprint density at radius 1 is 1.20 bits per heavy atom. The van der Waals surface area contributed by atoms with Crippen molar-refractivity contribution in [2.45, 2.75) is 13.8 Å². The molecule has 0 atom stereocenters. The molecule has 6 nitrogen and oxygen atoms in total. The van der Waals surface area contributed by atoms with E-state index in [1.165, 1.54) is 16.0 Å². The lowest BCUT2D eigenvalue weighted by molar-refractivity contribution is 0.829. The molecule has 0 unspecified atom stereocenters. The number of H-pyrrole nitrogens is 1. The number of benzene rings is 1. The number of hydrogen-bond acceptors (Lipinski definition) is 5. The van der Waals surface area contributed by atoms with Crippen LogP contribution in [0.4, 0.5) is 5.82 Å². The number of nitrogens with one attached hydrogen (secondary N) is 1. The van der Waals surface area contributed by atoms with E-state index in [9.17, 15) is 4.79 Å².